The highest BCUT2D eigenvalue weighted by molar-refractivity contribution is 6.70. The van der Waals surface area contributed by atoms with Crippen molar-refractivity contribution in [3.05, 3.63) is 58.4 Å². The van der Waals surface area contributed by atoms with E-state index < -0.39 is 0 Å². The fourth-order valence-corrected chi connectivity index (χ4v) is 2.16. The fraction of sp³-hybridized carbons (Fsp3) is 0.294. The first kappa shape index (κ1) is 17.6. The number of benzene rings is 2. The Morgan fingerprint density at radius 3 is 2.29 bits per heavy atom. The zero-order valence-electron chi connectivity index (χ0n) is 11.9. The van der Waals surface area contributed by atoms with Gasteiger partial charge in [-0.25, -0.2) is 4.39 Å². The normalized spacial score (nSPS) is 9.95. The maximum absolute atomic E-state index is 13.7. The molecule has 0 fully saturated rings. The smallest absolute Gasteiger partial charge is 0.169 e. The van der Waals surface area contributed by atoms with Crippen molar-refractivity contribution >= 4 is 23.8 Å². The van der Waals surface area contributed by atoms with Crippen molar-refractivity contribution in [2.45, 2.75) is 34.6 Å². The zero-order valence-corrected chi connectivity index (χ0v) is 12.7. The second kappa shape index (κ2) is 7.51. The third-order valence-corrected chi connectivity index (χ3v) is 3.84. The lowest BCUT2D eigenvalue weighted by molar-refractivity contribution is 0.300. The van der Waals surface area contributed by atoms with Gasteiger partial charge in [-0.15, -0.1) is 0 Å². The highest BCUT2D eigenvalue weighted by Gasteiger charge is 2.10. The number of halogens is 2. The van der Waals surface area contributed by atoms with E-state index >= 15 is 0 Å². The van der Waals surface area contributed by atoms with Gasteiger partial charge in [-0.1, -0.05) is 56.3 Å². The van der Waals surface area contributed by atoms with Gasteiger partial charge in [0.1, 0.15) is 18.2 Å². The molecule has 112 valence electrons. The molecular formula is C17H21BClFO. The lowest BCUT2D eigenvalue weighted by atomic mass is 9.49. The minimum atomic E-state index is -0.334. The molecule has 0 saturated carbocycles. The number of ether oxygens (including phenoxy) is 1. The molecule has 2 aromatic carbocycles. The molecule has 0 heterocycles. The molecule has 0 aliphatic carbocycles. The van der Waals surface area contributed by atoms with Crippen molar-refractivity contribution < 1.29 is 9.13 Å². The van der Waals surface area contributed by atoms with E-state index in [0.29, 0.717) is 23.0 Å². The fourth-order valence-electron chi connectivity index (χ4n) is 1.95. The summed E-state index contributed by atoms with van der Waals surface area (Å²) in [6.45, 7) is 6.73. The van der Waals surface area contributed by atoms with E-state index in [0.717, 1.165) is 5.56 Å². The minimum Gasteiger partial charge on any atom is -0.489 e. The Morgan fingerprint density at radius 2 is 1.71 bits per heavy atom. The summed E-state index contributed by atoms with van der Waals surface area (Å²) in [5, 5.41) is 0.434. The lowest BCUT2D eigenvalue weighted by Crippen LogP contribution is -2.21. The van der Waals surface area contributed by atoms with Crippen molar-refractivity contribution in [3.8, 4) is 5.75 Å². The van der Waals surface area contributed by atoms with Gasteiger partial charge in [0.25, 0.3) is 0 Å². The Balaban J connectivity index is 0.00000220. The molecule has 0 spiro atoms. The summed E-state index contributed by atoms with van der Waals surface area (Å²) in [6, 6.07) is 10.9. The first-order valence-corrected chi connectivity index (χ1v) is 7.03. The van der Waals surface area contributed by atoms with Crippen molar-refractivity contribution in [2.75, 3.05) is 0 Å². The van der Waals surface area contributed by atoms with E-state index in [4.69, 9.17) is 16.3 Å². The molecule has 4 heteroatoms. The van der Waals surface area contributed by atoms with Crippen LogP contribution in [0.2, 0.25) is 18.7 Å². The van der Waals surface area contributed by atoms with Crippen LogP contribution in [0, 0.1) is 12.7 Å². The number of hydrogen-bond donors (Lipinski definition) is 0. The van der Waals surface area contributed by atoms with Crippen LogP contribution in [0.1, 0.15) is 18.6 Å². The van der Waals surface area contributed by atoms with Crippen molar-refractivity contribution in [1.29, 1.82) is 0 Å². The average Bonchev–Trinajstić information content (AvgIpc) is 2.43. The molecule has 1 nitrogen and oxygen atoms in total. The monoisotopic (exact) mass is 306 g/mol. The lowest BCUT2D eigenvalue weighted by Gasteiger charge is -2.11. The van der Waals surface area contributed by atoms with Crippen LogP contribution in [-0.2, 0) is 6.61 Å². The summed E-state index contributed by atoms with van der Waals surface area (Å²) in [7, 11) is 0. The molecule has 0 aromatic heterocycles. The summed E-state index contributed by atoms with van der Waals surface area (Å²) in [5.74, 6) is 0.380. The second-order valence-electron chi connectivity index (χ2n) is 5.17. The molecule has 0 N–H and O–H groups in total. The van der Waals surface area contributed by atoms with Crippen molar-refractivity contribution in [1.82, 2.24) is 0 Å². The quantitative estimate of drug-likeness (QED) is 0.725. The Labute approximate surface area is 132 Å². The number of rotatable bonds is 4. The van der Waals surface area contributed by atoms with E-state index in [2.05, 4.69) is 13.6 Å². The van der Waals surface area contributed by atoms with Crippen LogP contribution in [0.15, 0.2) is 36.4 Å². The molecule has 0 radical (unpaired) electrons. The van der Waals surface area contributed by atoms with E-state index in [1.807, 2.05) is 31.2 Å². The summed E-state index contributed by atoms with van der Waals surface area (Å²) >= 11 is 6.11. The molecule has 2 rings (SSSR count). The highest BCUT2D eigenvalue weighted by atomic mass is 35.5. The topological polar surface area (TPSA) is 9.23 Å². The van der Waals surface area contributed by atoms with Crippen LogP contribution in [-0.4, -0.2) is 6.71 Å². The standard InChI is InChI=1S/C16H17BClFO.CH4/c1-11-4-9-15(19)14(16(11)18)10-20-13-7-5-12(6-8-13)17(2)3;/h4-9H,10H2,1-3H3;1H4. The van der Waals surface area contributed by atoms with Crippen LogP contribution >= 0.6 is 11.6 Å². The molecule has 0 amide bonds. The van der Waals surface area contributed by atoms with Crippen LogP contribution in [0.5, 0.6) is 5.75 Å². The van der Waals surface area contributed by atoms with Crippen LogP contribution < -0.4 is 10.2 Å². The molecule has 0 atom stereocenters. The first-order valence-electron chi connectivity index (χ1n) is 6.65. The minimum absolute atomic E-state index is 0. The summed E-state index contributed by atoms with van der Waals surface area (Å²) in [5.41, 5.74) is 2.50. The van der Waals surface area contributed by atoms with E-state index in [9.17, 15) is 4.39 Å². The maximum atomic E-state index is 13.7. The third-order valence-electron chi connectivity index (χ3n) is 3.31. The Bertz CT molecular complexity index is 596. The van der Waals surface area contributed by atoms with E-state index in [-0.39, 0.29) is 19.9 Å². The van der Waals surface area contributed by atoms with Crippen LogP contribution in [0.4, 0.5) is 4.39 Å². The molecule has 2 aromatic rings. The van der Waals surface area contributed by atoms with Crippen molar-refractivity contribution in [3.63, 3.8) is 0 Å². The van der Waals surface area contributed by atoms with Gasteiger partial charge in [0.05, 0.1) is 5.02 Å². The van der Waals surface area contributed by atoms with E-state index in [1.54, 1.807) is 6.07 Å². The summed E-state index contributed by atoms with van der Waals surface area (Å²) < 4.78 is 19.4. The van der Waals surface area contributed by atoms with Gasteiger partial charge >= 0.3 is 0 Å². The van der Waals surface area contributed by atoms with Gasteiger partial charge < -0.3 is 4.74 Å². The first-order chi connectivity index (χ1) is 9.49. The molecule has 0 saturated heterocycles. The zero-order chi connectivity index (χ0) is 14.7. The SMILES string of the molecule is C.CB(C)c1ccc(OCc2c(F)ccc(C)c2Cl)cc1. The predicted octanol–water partition coefficient (Wildman–Crippen LogP) is 4.96. The third kappa shape index (κ3) is 4.24. The van der Waals surface area contributed by atoms with Crippen LogP contribution in [0.25, 0.3) is 0 Å². The average molecular weight is 307 g/mol. The summed E-state index contributed by atoms with van der Waals surface area (Å²) in [4.78, 5) is 0. The Kier molecular flexibility index (Phi) is 6.29. The highest BCUT2D eigenvalue weighted by Crippen LogP contribution is 2.24. The Hall–Kier alpha value is -1.48. The largest absolute Gasteiger partial charge is 0.489 e. The van der Waals surface area contributed by atoms with Gasteiger partial charge in [0.15, 0.2) is 6.71 Å². The Morgan fingerprint density at radius 1 is 1.10 bits per heavy atom. The van der Waals surface area contributed by atoms with Crippen molar-refractivity contribution in [2.24, 2.45) is 0 Å². The summed E-state index contributed by atoms with van der Waals surface area (Å²) in [6.07, 6.45) is 0. The van der Waals surface area contributed by atoms with Gasteiger partial charge in [-0.3, -0.25) is 0 Å². The van der Waals surface area contributed by atoms with Gasteiger partial charge in [0, 0.05) is 5.56 Å². The molecular weight excluding hydrogens is 285 g/mol. The molecule has 0 aliphatic rings. The number of aryl methyl sites for hydroxylation is 1. The molecule has 0 unspecified atom stereocenters. The predicted molar refractivity (Wildman–Crippen MR) is 90.8 cm³/mol. The van der Waals surface area contributed by atoms with Crippen LogP contribution in [0.3, 0.4) is 0 Å². The second-order valence-corrected chi connectivity index (χ2v) is 5.55. The molecule has 0 bridgehead atoms. The van der Waals surface area contributed by atoms with E-state index in [1.165, 1.54) is 11.5 Å². The number of hydrogen-bond acceptors (Lipinski definition) is 1. The van der Waals surface area contributed by atoms with Gasteiger partial charge in [-0.2, -0.15) is 0 Å². The van der Waals surface area contributed by atoms with Gasteiger partial charge in [0.2, 0.25) is 0 Å². The molecule has 21 heavy (non-hydrogen) atoms. The van der Waals surface area contributed by atoms with Gasteiger partial charge in [-0.05, 0) is 30.7 Å². The maximum Gasteiger partial charge on any atom is 0.169 e. The molecule has 0 aliphatic heterocycles.